The molecule has 4 heteroatoms. The summed E-state index contributed by atoms with van der Waals surface area (Å²) in [4.78, 5) is 6.47. The van der Waals surface area contributed by atoms with Gasteiger partial charge in [0.25, 0.3) is 0 Å². The lowest BCUT2D eigenvalue weighted by molar-refractivity contribution is 0.320. The van der Waals surface area contributed by atoms with Gasteiger partial charge in [-0.2, -0.15) is 0 Å². The highest BCUT2D eigenvalue weighted by atomic mass is 16.5. The van der Waals surface area contributed by atoms with Crippen LogP contribution >= 0.6 is 0 Å². The number of hydrogen-bond donors (Lipinski definition) is 1. The predicted octanol–water partition coefficient (Wildman–Crippen LogP) is 1.26. The van der Waals surface area contributed by atoms with Crippen molar-refractivity contribution in [3.63, 3.8) is 0 Å². The number of hydrogen-bond acceptors (Lipinski definition) is 4. The summed E-state index contributed by atoms with van der Waals surface area (Å²) in [7, 11) is 2.04. The molecule has 2 rings (SSSR count). The van der Waals surface area contributed by atoms with Gasteiger partial charge in [-0.15, -0.1) is 0 Å². The van der Waals surface area contributed by atoms with E-state index in [1.54, 1.807) is 0 Å². The van der Waals surface area contributed by atoms with Crippen molar-refractivity contribution in [3.05, 3.63) is 29.8 Å². The van der Waals surface area contributed by atoms with Crippen LogP contribution < -0.4 is 10.1 Å². The Morgan fingerprint density at radius 2 is 2.35 bits per heavy atom. The van der Waals surface area contributed by atoms with E-state index in [1.807, 2.05) is 25.2 Å². The van der Waals surface area contributed by atoms with Gasteiger partial charge in [-0.25, -0.2) is 0 Å². The maximum Gasteiger partial charge on any atom is 0.193 e. The molecule has 0 amide bonds. The molecule has 0 aromatic heterocycles. The Morgan fingerprint density at radius 3 is 3.06 bits per heavy atom. The Morgan fingerprint density at radius 1 is 1.47 bits per heavy atom. The Hall–Kier alpha value is -1.71. The molecule has 0 fully saturated rings. The standard InChI is InChI=1S/C13H19N3O/c1-11-4-3-5-12(10-11)17-9-7-15-13-14-6-8-16(13)2/h3-5,10H,6-9H2,1-2H3,(H,14,15). The van der Waals surface area contributed by atoms with Gasteiger partial charge >= 0.3 is 0 Å². The van der Waals surface area contributed by atoms with E-state index in [0.717, 1.165) is 31.3 Å². The fraction of sp³-hybridized carbons (Fsp3) is 0.462. The summed E-state index contributed by atoms with van der Waals surface area (Å²) in [6.45, 7) is 5.37. The third-order valence-corrected chi connectivity index (χ3v) is 2.70. The zero-order chi connectivity index (χ0) is 12.1. The summed E-state index contributed by atoms with van der Waals surface area (Å²) >= 11 is 0. The Bertz CT molecular complexity index is 403. The first kappa shape index (κ1) is 11.8. The number of guanidine groups is 1. The van der Waals surface area contributed by atoms with Gasteiger partial charge in [-0.3, -0.25) is 4.99 Å². The average Bonchev–Trinajstić information content (AvgIpc) is 2.71. The fourth-order valence-electron chi connectivity index (χ4n) is 1.76. The zero-order valence-corrected chi connectivity index (χ0v) is 10.4. The number of likely N-dealkylation sites (N-methyl/N-ethyl adjacent to an activating group) is 1. The molecule has 0 aliphatic carbocycles. The Labute approximate surface area is 102 Å². The molecule has 0 bridgehead atoms. The van der Waals surface area contributed by atoms with Crippen LogP contribution in [-0.2, 0) is 0 Å². The van der Waals surface area contributed by atoms with Crippen molar-refractivity contribution in [2.45, 2.75) is 6.92 Å². The van der Waals surface area contributed by atoms with Gasteiger partial charge in [0.1, 0.15) is 12.4 Å². The third kappa shape index (κ3) is 3.37. The Kier molecular flexibility index (Phi) is 3.85. The minimum atomic E-state index is 0.649. The van der Waals surface area contributed by atoms with Crippen LogP contribution in [0.1, 0.15) is 5.56 Å². The molecule has 0 radical (unpaired) electrons. The number of nitrogens with zero attached hydrogens (tertiary/aromatic N) is 2. The van der Waals surface area contributed by atoms with Gasteiger partial charge in [0.2, 0.25) is 0 Å². The second kappa shape index (κ2) is 5.57. The van der Waals surface area contributed by atoms with Crippen molar-refractivity contribution >= 4 is 5.96 Å². The van der Waals surface area contributed by atoms with Gasteiger partial charge in [0.15, 0.2) is 5.96 Å². The highest BCUT2D eigenvalue weighted by Crippen LogP contribution is 2.11. The second-order valence-electron chi connectivity index (χ2n) is 4.22. The molecule has 0 spiro atoms. The number of aliphatic imine (C=N–C) groups is 1. The van der Waals surface area contributed by atoms with Crippen molar-refractivity contribution in [1.82, 2.24) is 10.2 Å². The Balaban J connectivity index is 1.70. The zero-order valence-electron chi connectivity index (χ0n) is 10.4. The van der Waals surface area contributed by atoms with Gasteiger partial charge in [0.05, 0.1) is 13.1 Å². The second-order valence-corrected chi connectivity index (χ2v) is 4.22. The molecule has 1 aliphatic rings. The summed E-state index contributed by atoms with van der Waals surface area (Å²) in [5, 5.41) is 3.27. The van der Waals surface area contributed by atoms with Gasteiger partial charge < -0.3 is 15.0 Å². The van der Waals surface area contributed by atoms with E-state index >= 15 is 0 Å². The molecule has 1 heterocycles. The van der Waals surface area contributed by atoms with E-state index in [4.69, 9.17) is 4.74 Å². The molecule has 1 N–H and O–H groups in total. The molecule has 0 atom stereocenters. The maximum atomic E-state index is 5.65. The highest BCUT2D eigenvalue weighted by molar-refractivity contribution is 5.81. The smallest absolute Gasteiger partial charge is 0.193 e. The summed E-state index contributed by atoms with van der Waals surface area (Å²) < 4.78 is 5.65. The van der Waals surface area contributed by atoms with Crippen molar-refractivity contribution in [3.8, 4) is 5.75 Å². The molecule has 92 valence electrons. The van der Waals surface area contributed by atoms with E-state index < -0.39 is 0 Å². The summed E-state index contributed by atoms with van der Waals surface area (Å²) in [5.41, 5.74) is 1.22. The van der Waals surface area contributed by atoms with Gasteiger partial charge in [-0.1, -0.05) is 12.1 Å². The van der Waals surface area contributed by atoms with Crippen LogP contribution in [0.2, 0.25) is 0 Å². The first-order valence-electron chi connectivity index (χ1n) is 5.94. The van der Waals surface area contributed by atoms with Crippen LogP contribution in [0.25, 0.3) is 0 Å². The van der Waals surface area contributed by atoms with E-state index in [0.29, 0.717) is 6.61 Å². The normalized spacial score (nSPS) is 14.7. The lowest BCUT2D eigenvalue weighted by Gasteiger charge is -2.15. The average molecular weight is 233 g/mol. The van der Waals surface area contributed by atoms with Crippen LogP contribution in [0.5, 0.6) is 5.75 Å². The topological polar surface area (TPSA) is 36.9 Å². The van der Waals surface area contributed by atoms with E-state index in [9.17, 15) is 0 Å². The number of aryl methyl sites for hydroxylation is 1. The lowest BCUT2D eigenvalue weighted by Crippen LogP contribution is -2.37. The van der Waals surface area contributed by atoms with Crippen LogP contribution in [0.15, 0.2) is 29.3 Å². The maximum absolute atomic E-state index is 5.65. The monoisotopic (exact) mass is 233 g/mol. The molecule has 4 nitrogen and oxygen atoms in total. The van der Waals surface area contributed by atoms with Crippen LogP contribution in [0, 0.1) is 6.92 Å². The minimum absolute atomic E-state index is 0.649. The van der Waals surface area contributed by atoms with E-state index in [-0.39, 0.29) is 0 Å². The molecular weight excluding hydrogens is 214 g/mol. The van der Waals surface area contributed by atoms with E-state index in [1.165, 1.54) is 5.56 Å². The molecule has 17 heavy (non-hydrogen) atoms. The minimum Gasteiger partial charge on any atom is -0.492 e. The van der Waals surface area contributed by atoms with Crippen molar-refractivity contribution in [2.75, 3.05) is 33.3 Å². The SMILES string of the molecule is Cc1cccc(OCCNC2=NCCN2C)c1. The first-order chi connectivity index (χ1) is 8.25. The number of nitrogens with one attached hydrogen (secondary N) is 1. The molecule has 1 aromatic rings. The van der Waals surface area contributed by atoms with Crippen molar-refractivity contribution < 1.29 is 4.74 Å². The third-order valence-electron chi connectivity index (χ3n) is 2.70. The van der Waals surface area contributed by atoms with Crippen LogP contribution in [0.3, 0.4) is 0 Å². The lowest BCUT2D eigenvalue weighted by atomic mass is 10.2. The number of ether oxygens (including phenoxy) is 1. The summed E-state index contributed by atoms with van der Waals surface area (Å²) in [6.07, 6.45) is 0. The van der Waals surface area contributed by atoms with Crippen molar-refractivity contribution in [1.29, 1.82) is 0 Å². The molecular formula is C13H19N3O. The first-order valence-corrected chi connectivity index (χ1v) is 5.94. The molecule has 0 saturated heterocycles. The molecule has 0 saturated carbocycles. The fourth-order valence-corrected chi connectivity index (χ4v) is 1.76. The van der Waals surface area contributed by atoms with Crippen LogP contribution in [0.4, 0.5) is 0 Å². The van der Waals surface area contributed by atoms with E-state index in [2.05, 4.69) is 28.2 Å². The molecule has 1 aliphatic heterocycles. The van der Waals surface area contributed by atoms with Gasteiger partial charge in [-0.05, 0) is 24.6 Å². The summed E-state index contributed by atoms with van der Waals surface area (Å²) in [6, 6.07) is 8.09. The molecule has 0 unspecified atom stereocenters. The van der Waals surface area contributed by atoms with Gasteiger partial charge in [0, 0.05) is 13.6 Å². The van der Waals surface area contributed by atoms with Crippen molar-refractivity contribution in [2.24, 2.45) is 4.99 Å². The molecule has 1 aromatic carbocycles. The quantitative estimate of drug-likeness (QED) is 0.796. The highest BCUT2D eigenvalue weighted by Gasteiger charge is 2.10. The summed E-state index contributed by atoms with van der Waals surface area (Å²) in [5.74, 6) is 1.89. The predicted molar refractivity (Wildman–Crippen MR) is 69.6 cm³/mol. The van der Waals surface area contributed by atoms with Crippen LogP contribution in [-0.4, -0.2) is 44.1 Å². The largest absolute Gasteiger partial charge is 0.492 e. The number of benzene rings is 1. The number of rotatable bonds is 4.